The van der Waals surface area contributed by atoms with E-state index in [1.165, 1.54) is 18.4 Å². The highest BCUT2D eigenvalue weighted by molar-refractivity contribution is 5.26. The van der Waals surface area contributed by atoms with Gasteiger partial charge in [-0.3, -0.25) is 0 Å². The lowest BCUT2D eigenvalue weighted by Gasteiger charge is -2.12. The number of hydrogen-bond acceptors (Lipinski definition) is 2. The van der Waals surface area contributed by atoms with Gasteiger partial charge in [-0.05, 0) is 58.1 Å². The Morgan fingerprint density at radius 1 is 1.21 bits per heavy atom. The summed E-state index contributed by atoms with van der Waals surface area (Å²) in [6.07, 6.45) is 4.00. The molecule has 2 heteroatoms. The summed E-state index contributed by atoms with van der Waals surface area (Å²) in [7, 11) is 0. The van der Waals surface area contributed by atoms with Gasteiger partial charge in [0.15, 0.2) is 0 Å². The molecule has 19 heavy (non-hydrogen) atoms. The van der Waals surface area contributed by atoms with Gasteiger partial charge in [-0.15, -0.1) is 0 Å². The lowest BCUT2D eigenvalue weighted by atomic mass is 9.98. The molecule has 1 aliphatic rings. The molecule has 106 valence electrons. The fourth-order valence-corrected chi connectivity index (χ4v) is 2.33. The summed E-state index contributed by atoms with van der Waals surface area (Å²) in [5, 5.41) is 0. The van der Waals surface area contributed by atoms with Gasteiger partial charge < -0.3 is 9.47 Å². The Bertz CT molecular complexity index is 394. The van der Waals surface area contributed by atoms with Gasteiger partial charge in [0.25, 0.3) is 0 Å². The van der Waals surface area contributed by atoms with Gasteiger partial charge in [0, 0.05) is 0 Å². The van der Waals surface area contributed by atoms with Gasteiger partial charge in [0.05, 0.1) is 18.3 Å². The molecule has 2 atom stereocenters. The highest BCUT2D eigenvalue weighted by Crippen LogP contribution is 2.39. The molecule has 1 aromatic rings. The monoisotopic (exact) mass is 262 g/mol. The Morgan fingerprint density at radius 3 is 2.42 bits per heavy atom. The van der Waals surface area contributed by atoms with E-state index in [-0.39, 0.29) is 5.60 Å². The standard InChI is InChI=1S/C17H26O2/c1-13-5-8-15(9-6-13)18-12-11-14(2)7-10-16-17(3,4)19-16/h5-6,8-9,14,16H,7,10-12H2,1-4H3. The van der Waals surface area contributed by atoms with E-state index < -0.39 is 0 Å². The zero-order valence-corrected chi connectivity index (χ0v) is 12.6. The van der Waals surface area contributed by atoms with Gasteiger partial charge in [-0.25, -0.2) is 0 Å². The molecule has 0 N–H and O–H groups in total. The first kappa shape index (κ1) is 14.4. The van der Waals surface area contributed by atoms with E-state index in [0.717, 1.165) is 18.8 Å². The molecule has 1 aromatic carbocycles. The quantitative estimate of drug-likeness (QED) is 0.681. The molecule has 0 aliphatic carbocycles. The van der Waals surface area contributed by atoms with E-state index in [1.54, 1.807) is 0 Å². The molecule has 1 heterocycles. The van der Waals surface area contributed by atoms with Crippen molar-refractivity contribution in [1.29, 1.82) is 0 Å². The second-order valence-electron chi connectivity index (χ2n) is 6.34. The summed E-state index contributed by atoms with van der Waals surface area (Å²) in [5.74, 6) is 1.68. The van der Waals surface area contributed by atoms with Crippen molar-refractivity contribution in [3.05, 3.63) is 29.8 Å². The van der Waals surface area contributed by atoms with Crippen LogP contribution in [0.15, 0.2) is 24.3 Å². The minimum atomic E-state index is 0.137. The first-order chi connectivity index (χ1) is 8.97. The second-order valence-corrected chi connectivity index (χ2v) is 6.34. The molecule has 0 radical (unpaired) electrons. The van der Waals surface area contributed by atoms with E-state index in [4.69, 9.17) is 9.47 Å². The number of epoxide rings is 1. The smallest absolute Gasteiger partial charge is 0.119 e. The van der Waals surface area contributed by atoms with Crippen LogP contribution in [0.3, 0.4) is 0 Å². The molecule has 1 saturated heterocycles. The molecule has 2 nitrogen and oxygen atoms in total. The minimum absolute atomic E-state index is 0.137. The zero-order chi connectivity index (χ0) is 13.9. The van der Waals surface area contributed by atoms with Gasteiger partial charge >= 0.3 is 0 Å². The highest BCUT2D eigenvalue weighted by atomic mass is 16.6. The lowest BCUT2D eigenvalue weighted by Crippen LogP contribution is -2.08. The normalized spacial score (nSPS) is 22.0. The van der Waals surface area contributed by atoms with Crippen molar-refractivity contribution in [2.24, 2.45) is 5.92 Å². The molecule has 2 unspecified atom stereocenters. The van der Waals surface area contributed by atoms with Crippen LogP contribution in [0.5, 0.6) is 5.75 Å². The van der Waals surface area contributed by atoms with E-state index in [1.807, 2.05) is 12.1 Å². The van der Waals surface area contributed by atoms with Crippen LogP contribution in [0, 0.1) is 12.8 Å². The first-order valence-electron chi connectivity index (χ1n) is 7.34. The van der Waals surface area contributed by atoms with Crippen LogP contribution in [-0.2, 0) is 4.74 Å². The average Bonchev–Trinajstić information content (AvgIpc) is 2.97. The average molecular weight is 262 g/mol. The molecule has 1 aliphatic heterocycles. The van der Waals surface area contributed by atoms with Crippen molar-refractivity contribution < 1.29 is 9.47 Å². The number of benzene rings is 1. The van der Waals surface area contributed by atoms with Crippen molar-refractivity contribution >= 4 is 0 Å². The third-order valence-electron chi connectivity index (χ3n) is 3.99. The molecule has 1 fully saturated rings. The van der Waals surface area contributed by atoms with Gasteiger partial charge in [0.2, 0.25) is 0 Å². The van der Waals surface area contributed by atoms with E-state index in [9.17, 15) is 0 Å². The van der Waals surface area contributed by atoms with Crippen LogP contribution < -0.4 is 4.74 Å². The first-order valence-corrected chi connectivity index (χ1v) is 7.34. The molecule has 0 saturated carbocycles. The van der Waals surface area contributed by atoms with Crippen molar-refractivity contribution in [2.45, 2.75) is 58.7 Å². The summed E-state index contributed by atoms with van der Waals surface area (Å²) in [5.41, 5.74) is 1.41. The lowest BCUT2D eigenvalue weighted by molar-refractivity contribution is 0.271. The van der Waals surface area contributed by atoms with Gasteiger partial charge in [-0.2, -0.15) is 0 Å². The van der Waals surface area contributed by atoms with Gasteiger partial charge in [0.1, 0.15) is 5.75 Å². The number of rotatable bonds is 7. The van der Waals surface area contributed by atoms with Crippen molar-refractivity contribution in [1.82, 2.24) is 0 Å². The molecular formula is C17H26O2. The van der Waals surface area contributed by atoms with Crippen LogP contribution in [0.4, 0.5) is 0 Å². The summed E-state index contributed by atoms with van der Waals surface area (Å²) < 4.78 is 11.4. The van der Waals surface area contributed by atoms with E-state index >= 15 is 0 Å². The largest absolute Gasteiger partial charge is 0.494 e. The summed E-state index contributed by atoms with van der Waals surface area (Å²) >= 11 is 0. The fourth-order valence-electron chi connectivity index (χ4n) is 2.33. The summed E-state index contributed by atoms with van der Waals surface area (Å²) in [4.78, 5) is 0. The summed E-state index contributed by atoms with van der Waals surface area (Å²) in [6, 6.07) is 8.26. The third kappa shape index (κ3) is 4.54. The maximum atomic E-state index is 5.76. The van der Waals surface area contributed by atoms with Crippen LogP contribution in [0.1, 0.15) is 45.6 Å². The van der Waals surface area contributed by atoms with Crippen LogP contribution >= 0.6 is 0 Å². The molecule has 0 spiro atoms. The maximum Gasteiger partial charge on any atom is 0.119 e. The van der Waals surface area contributed by atoms with Crippen LogP contribution in [-0.4, -0.2) is 18.3 Å². The van der Waals surface area contributed by atoms with Crippen molar-refractivity contribution in [3.8, 4) is 5.75 Å². The minimum Gasteiger partial charge on any atom is -0.494 e. The predicted molar refractivity (Wildman–Crippen MR) is 78.6 cm³/mol. The molecule has 0 amide bonds. The van der Waals surface area contributed by atoms with Crippen LogP contribution in [0.2, 0.25) is 0 Å². The molecule has 0 bridgehead atoms. The predicted octanol–water partition coefficient (Wildman–Crippen LogP) is 4.36. The van der Waals surface area contributed by atoms with Crippen molar-refractivity contribution in [2.75, 3.05) is 6.61 Å². The SMILES string of the molecule is Cc1ccc(OCCC(C)CCC2OC2(C)C)cc1. The Hall–Kier alpha value is -1.02. The van der Waals surface area contributed by atoms with Crippen LogP contribution in [0.25, 0.3) is 0 Å². The zero-order valence-electron chi connectivity index (χ0n) is 12.6. The summed E-state index contributed by atoms with van der Waals surface area (Å²) in [6.45, 7) is 9.53. The molecule has 0 aromatic heterocycles. The Labute approximate surface area is 117 Å². The Kier molecular flexibility index (Phi) is 4.51. The maximum absolute atomic E-state index is 5.76. The van der Waals surface area contributed by atoms with Crippen molar-refractivity contribution in [3.63, 3.8) is 0 Å². The fraction of sp³-hybridized carbons (Fsp3) is 0.647. The molecular weight excluding hydrogens is 236 g/mol. The third-order valence-corrected chi connectivity index (χ3v) is 3.99. The number of hydrogen-bond donors (Lipinski definition) is 0. The number of ether oxygens (including phenoxy) is 2. The highest BCUT2D eigenvalue weighted by Gasteiger charge is 2.46. The number of aryl methyl sites for hydroxylation is 1. The molecule has 2 rings (SSSR count). The van der Waals surface area contributed by atoms with E-state index in [0.29, 0.717) is 12.0 Å². The topological polar surface area (TPSA) is 21.8 Å². The van der Waals surface area contributed by atoms with Gasteiger partial charge in [-0.1, -0.05) is 24.6 Å². The Balaban J connectivity index is 1.59. The Morgan fingerprint density at radius 2 is 1.84 bits per heavy atom. The second kappa shape index (κ2) is 5.96. The van der Waals surface area contributed by atoms with E-state index in [2.05, 4.69) is 39.8 Å².